The Morgan fingerprint density at radius 3 is 2.21 bits per heavy atom. The number of rotatable bonds is 9. The highest BCUT2D eigenvalue weighted by molar-refractivity contribution is 4.78. The van der Waals surface area contributed by atoms with E-state index in [0.717, 1.165) is 19.7 Å². The Balaban J connectivity index is 3.94. The van der Waals surface area contributed by atoms with E-state index in [9.17, 15) is 0 Å². The van der Waals surface area contributed by atoms with Gasteiger partial charge in [-0.25, -0.2) is 0 Å². The van der Waals surface area contributed by atoms with Crippen molar-refractivity contribution in [2.75, 3.05) is 26.8 Å². The standard InChI is InChI=1S/C12H27NO/c1-5-9-13-11-12(6-2,7-3)8-10-14-4/h13H,5-11H2,1-4H3. The average Bonchev–Trinajstić information content (AvgIpc) is 2.24. The highest BCUT2D eigenvalue weighted by atomic mass is 16.5. The van der Waals surface area contributed by atoms with Gasteiger partial charge in [0.2, 0.25) is 0 Å². The molecule has 14 heavy (non-hydrogen) atoms. The van der Waals surface area contributed by atoms with Crippen LogP contribution in [0.25, 0.3) is 0 Å². The minimum Gasteiger partial charge on any atom is -0.385 e. The van der Waals surface area contributed by atoms with Crippen LogP contribution >= 0.6 is 0 Å². The monoisotopic (exact) mass is 201 g/mol. The predicted octanol–water partition coefficient (Wildman–Crippen LogP) is 2.83. The molecule has 0 spiro atoms. The molecular formula is C12H27NO. The van der Waals surface area contributed by atoms with Crippen molar-refractivity contribution in [2.45, 2.75) is 46.5 Å². The lowest BCUT2D eigenvalue weighted by Crippen LogP contribution is -2.34. The van der Waals surface area contributed by atoms with Crippen LogP contribution in [0.4, 0.5) is 0 Å². The number of ether oxygens (including phenoxy) is 1. The summed E-state index contributed by atoms with van der Waals surface area (Å²) in [6, 6.07) is 0. The summed E-state index contributed by atoms with van der Waals surface area (Å²) in [5.41, 5.74) is 0.450. The molecule has 0 aliphatic heterocycles. The maximum Gasteiger partial charge on any atom is 0.0468 e. The van der Waals surface area contributed by atoms with Crippen LogP contribution in [-0.4, -0.2) is 26.8 Å². The largest absolute Gasteiger partial charge is 0.385 e. The van der Waals surface area contributed by atoms with Gasteiger partial charge < -0.3 is 10.1 Å². The van der Waals surface area contributed by atoms with Crippen LogP contribution < -0.4 is 5.32 Å². The predicted molar refractivity (Wildman–Crippen MR) is 62.7 cm³/mol. The second kappa shape index (κ2) is 8.25. The number of hydrogen-bond acceptors (Lipinski definition) is 2. The maximum atomic E-state index is 5.18. The molecule has 1 N–H and O–H groups in total. The number of methoxy groups -OCH3 is 1. The van der Waals surface area contributed by atoms with Gasteiger partial charge >= 0.3 is 0 Å². The SMILES string of the molecule is CCCNCC(CC)(CC)CCOC. The van der Waals surface area contributed by atoms with Crippen molar-refractivity contribution in [3.8, 4) is 0 Å². The van der Waals surface area contributed by atoms with Crippen LogP contribution in [-0.2, 0) is 4.74 Å². The molecule has 0 heterocycles. The van der Waals surface area contributed by atoms with Crippen LogP contribution in [0.2, 0.25) is 0 Å². The van der Waals surface area contributed by atoms with E-state index < -0.39 is 0 Å². The molecule has 0 aliphatic rings. The molecule has 86 valence electrons. The summed E-state index contributed by atoms with van der Waals surface area (Å²) in [5, 5.41) is 3.53. The van der Waals surface area contributed by atoms with E-state index in [0.29, 0.717) is 5.41 Å². The summed E-state index contributed by atoms with van der Waals surface area (Å²) in [6.45, 7) is 9.93. The molecule has 0 aromatic rings. The molecular weight excluding hydrogens is 174 g/mol. The fraction of sp³-hybridized carbons (Fsp3) is 1.00. The molecule has 0 amide bonds. The lowest BCUT2D eigenvalue weighted by molar-refractivity contribution is 0.125. The molecule has 2 nitrogen and oxygen atoms in total. The maximum absolute atomic E-state index is 5.18. The second-order valence-electron chi connectivity index (χ2n) is 4.13. The van der Waals surface area contributed by atoms with E-state index >= 15 is 0 Å². The summed E-state index contributed by atoms with van der Waals surface area (Å²) in [5.74, 6) is 0. The van der Waals surface area contributed by atoms with Crippen molar-refractivity contribution in [3.05, 3.63) is 0 Å². The number of hydrogen-bond donors (Lipinski definition) is 1. The molecule has 0 unspecified atom stereocenters. The minimum atomic E-state index is 0.450. The zero-order valence-electron chi connectivity index (χ0n) is 10.4. The Kier molecular flexibility index (Phi) is 8.20. The summed E-state index contributed by atoms with van der Waals surface area (Å²) in [7, 11) is 1.79. The summed E-state index contributed by atoms with van der Waals surface area (Å²) in [6.07, 6.45) is 4.87. The van der Waals surface area contributed by atoms with Gasteiger partial charge in [0, 0.05) is 20.3 Å². The van der Waals surface area contributed by atoms with Gasteiger partial charge in [0.25, 0.3) is 0 Å². The Morgan fingerprint density at radius 2 is 1.79 bits per heavy atom. The van der Waals surface area contributed by atoms with E-state index in [1.807, 2.05) is 0 Å². The third kappa shape index (κ3) is 4.97. The van der Waals surface area contributed by atoms with Crippen LogP contribution in [0.3, 0.4) is 0 Å². The van der Waals surface area contributed by atoms with E-state index in [-0.39, 0.29) is 0 Å². The zero-order valence-corrected chi connectivity index (χ0v) is 10.4. The highest BCUT2D eigenvalue weighted by Gasteiger charge is 2.24. The Morgan fingerprint density at radius 1 is 1.14 bits per heavy atom. The zero-order chi connectivity index (χ0) is 10.9. The summed E-state index contributed by atoms with van der Waals surface area (Å²) < 4.78 is 5.18. The quantitative estimate of drug-likeness (QED) is 0.579. The molecule has 0 rings (SSSR count). The third-order valence-electron chi connectivity index (χ3n) is 3.26. The van der Waals surface area contributed by atoms with Crippen molar-refractivity contribution in [1.82, 2.24) is 5.32 Å². The molecule has 0 fully saturated rings. The topological polar surface area (TPSA) is 21.3 Å². The lowest BCUT2D eigenvalue weighted by atomic mass is 9.79. The molecule has 2 heteroatoms. The molecule has 0 bridgehead atoms. The van der Waals surface area contributed by atoms with Crippen molar-refractivity contribution >= 4 is 0 Å². The second-order valence-corrected chi connectivity index (χ2v) is 4.13. The normalized spacial score (nSPS) is 12.0. The van der Waals surface area contributed by atoms with Gasteiger partial charge in [-0.05, 0) is 37.6 Å². The fourth-order valence-electron chi connectivity index (χ4n) is 1.79. The first-order chi connectivity index (χ1) is 6.74. The van der Waals surface area contributed by atoms with Crippen LogP contribution in [0, 0.1) is 5.41 Å². The van der Waals surface area contributed by atoms with Gasteiger partial charge in [-0.15, -0.1) is 0 Å². The Bertz CT molecular complexity index is 121. The molecule has 0 aromatic heterocycles. The van der Waals surface area contributed by atoms with Crippen molar-refractivity contribution < 1.29 is 4.74 Å². The van der Waals surface area contributed by atoms with E-state index in [1.165, 1.54) is 25.7 Å². The Labute approximate surface area is 89.4 Å². The van der Waals surface area contributed by atoms with Crippen LogP contribution in [0.5, 0.6) is 0 Å². The van der Waals surface area contributed by atoms with Gasteiger partial charge in [0.15, 0.2) is 0 Å². The van der Waals surface area contributed by atoms with Crippen LogP contribution in [0.15, 0.2) is 0 Å². The van der Waals surface area contributed by atoms with Crippen LogP contribution in [0.1, 0.15) is 46.5 Å². The van der Waals surface area contributed by atoms with E-state index in [4.69, 9.17) is 4.74 Å². The smallest absolute Gasteiger partial charge is 0.0468 e. The first-order valence-corrected chi connectivity index (χ1v) is 5.94. The van der Waals surface area contributed by atoms with Gasteiger partial charge in [0.05, 0.1) is 0 Å². The fourth-order valence-corrected chi connectivity index (χ4v) is 1.79. The first kappa shape index (κ1) is 13.9. The van der Waals surface area contributed by atoms with Crippen molar-refractivity contribution in [1.29, 1.82) is 0 Å². The third-order valence-corrected chi connectivity index (χ3v) is 3.26. The molecule has 0 aliphatic carbocycles. The number of nitrogens with one attached hydrogen (secondary N) is 1. The molecule has 0 aromatic carbocycles. The van der Waals surface area contributed by atoms with Gasteiger partial charge in [-0.2, -0.15) is 0 Å². The Hall–Kier alpha value is -0.0800. The lowest BCUT2D eigenvalue weighted by Gasteiger charge is -2.32. The highest BCUT2D eigenvalue weighted by Crippen LogP contribution is 2.29. The summed E-state index contributed by atoms with van der Waals surface area (Å²) >= 11 is 0. The van der Waals surface area contributed by atoms with E-state index in [2.05, 4.69) is 26.1 Å². The molecule has 0 radical (unpaired) electrons. The summed E-state index contributed by atoms with van der Waals surface area (Å²) in [4.78, 5) is 0. The van der Waals surface area contributed by atoms with Gasteiger partial charge in [-0.3, -0.25) is 0 Å². The van der Waals surface area contributed by atoms with Gasteiger partial charge in [-0.1, -0.05) is 20.8 Å². The first-order valence-electron chi connectivity index (χ1n) is 5.94. The van der Waals surface area contributed by atoms with Crippen molar-refractivity contribution in [2.24, 2.45) is 5.41 Å². The van der Waals surface area contributed by atoms with Crippen molar-refractivity contribution in [3.63, 3.8) is 0 Å². The van der Waals surface area contributed by atoms with Gasteiger partial charge in [0.1, 0.15) is 0 Å². The molecule has 0 saturated heterocycles. The molecule has 0 saturated carbocycles. The minimum absolute atomic E-state index is 0.450. The van der Waals surface area contributed by atoms with E-state index in [1.54, 1.807) is 7.11 Å². The average molecular weight is 201 g/mol. The molecule has 0 atom stereocenters.